The molecular weight excluding hydrogens is 454 g/mol. The van der Waals surface area contributed by atoms with Gasteiger partial charge in [-0.05, 0) is 45.1 Å². The number of rotatable bonds is 6. The Morgan fingerprint density at radius 1 is 1.06 bits per heavy atom. The van der Waals surface area contributed by atoms with E-state index < -0.39 is 22.2 Å². The van der Waals surface area contributed by atoms with Gasteiger partial charge >= 0.3 is 0 Å². The van der Waals surface area contributed by atoms with Crippen LogP contribution in [-0.4, -0.2) is 72.5 Å². The van der Waals surface area contributed by atoms with Crippen molar-refractivity contribution in [1.82, 2.24) is 18.8 Å². The van der Waals surface area contributed by atoms with E-state index in [-0.39, 0.29) is 43.4 Å². The zero-order chi connectivity index (χ0) is 24.5. The van der Waals surface area contributed by atoms with Gasteiger partial charge in [-0.1, -0.05) is 29.8 Å². The molecule has 1 N–H and O–H groups in total. The molecule has 9 nitrogen and oxygen atoms in total. The number of hydrogen-bond acceptors (Lipinski definition) is 5. The van der Waals surface area contributed by atoms with E-state index in [1.165, 1.54) is 8.61 Å². The number of nitrogens with zero attached hydrogens (tertiary/aromatic N) is 4. The molecule has 3 fully saturated rings. The fraction of sp³-hybridized carbons (Fsp3) is 0.625. The van der Waals surface area contributed by atoms with Gasteiger partial charge in [0.05, 0.1) is 23.9 Å². The third kappa shape index (κ3) is 4.97. The smallest absolute Gasteiger partial charge is 0.282 e. The van der Waals surface area contributed by atoms with E-state index in [4.69, 9.17) is 5.26 Å². The molecule has 4 rings (SSSR count). The second kappa shape index (κ2) is 10.0. The summed E-state index contributed by atoms with van der Waals surface area (Å²) in [6.45, 7) is 5.37. The molecule has 0 spiro atoms. The third-order valence-corrected chi connectivity index (χ3v) is 9.13. The molecule has 0 saturated carbocycles. The fourth-order valence-electron chi connectivity index (χ4n) is 5.01. The summed E-state index contributed by atoms with van der Waals surface area (Å²) in [6, 6.07) is 9.39. The Balaban J connectivity index is 1.38. The highest BCUT2D eigenvalue weighted by molar-refractivity contribution is 7.86. The predicted molar refractivity (Wildman–Crippen MR) is 126 cm³/mol. The van der Waals surface area contributed by atoms with E-state index in [0.29, 0.717) is 32.4 Å². The number of carbonyl (C=O) groups excluding carboxylic acids is 2. The lowest BCUT2D eigenvalue weighted by atomic mass is 9.97. The number of piperidine rings is 1. The lowest BCUT2D eigenvalue weighted by Crippen LogP contribution is -2.57. The molecule has 3 aliphatic heterocycles. The van der Waals surface area contributed by atoms with Crippen LogP contribution in [0.5, 0.6) is 0 Å². The lowest BCUT2D eigenvalue weighted by molar-refractivity contribution is -0.142. The van der Waals surface area contributed by atoms with Crippen LogP contribution in [-0.2, 0) is 19.8 Å². The minimum atomic E-state index is -3.67. The normalized spacial score (nSPS) is 25.4. The van der Waals surface area contributed by atoms with Crippen molar-refractivity contribution in [3.8, 4) is 6.07 Å². The van der Waals surface area contributed by atoms with Crippen molar-refractivity contribution < 1.29 is 18.0 Å². The Labute approximate surface area is 201 Å². The van der Waals surface area contributed by atoms with E-state index >= 15 is 0 Å². The first kappa shape index (κ1) is 24.6. The van der Waals surface area contributed by atoms with Crippen molar-refractivity contribution in [3.05, 3.63) is 35.4 Å². The average Bonchev–Trinajstić information content (AvgIpc) is 3.28. The summed E-state index contributed by atoms with van der Waals surface area (Å²) < 4.78 is 28.5. The summed E-state index contributed by atoms with van der Waals surface area (Å²) in [4.78, 5) is 28.1. The quantitative estimate of drug-likeness (QED) is 0.654. The van der Waals surface area contributed by atoms with Crippen LogP contribution in [0.3, 0.4) is 0 Å². The zero-order valence-electron chi connectivity index (χ0n) is 19.8. The van der Waals surface area contributed by atoms with Crippen LogP contribution in [0.4, 0.5) is 0 Å². The highest BCUT2D eigenvalue weighted by Gasteiger charge is 2.44. The molecule has 2 amide bonds. The molecule has 0 aliphatic carbocycles. The van der Waals surface area contributed by atoms with Gasteiger partial charge in [-0.2, -0.15) is 22.3 Å². The van der Waals surface area contributed by atoms with Gasteiger partial charge in [0.15, 0.2) is 0 Å². The van der Waals surface area contributed by atoms with Crippen LogP contribution < -0.4 is 5.32 Å². The van der Waals surface area contributed by atoms with Crippen LogP contribution in [0.25, 0.3) is 0 Å². The van der Waals surface area contributed by atoms with Gasteiger partial charge in [-0.15, -0.1) is 0 Å². The van der Waals surface area contributed by atoms with Crippen LogP contribution in [0, 0.1) is 30.1 Å². The second-order valence-corrected chi connectivity index (χ2v) is 11.6. The van der Waals surface area contributed by atoms with Crippen LogP contribution in [0.15, 0.2) is 24.3 Å². The molecule has 1 unspecified atom stereocenters. The SMILES string of the molecule is Cc1ccc(C(C)NC(=O)[C@H]2CCCN2C(=O)[C@H]2CCCN(S(=O)(=O)N3CC(C#N)C3)C2)cc1. The predicted octanol–water partition coefficient (Wildman–Crippen LogP) is 1.58. The summed E-state index contributed by atoms with van der Waals surface area (Å²) in [5.74, 6) is -1.02. The Hall–Kier alpha value is -2.48. The van der Waals surface area contributed by atoms with E-state index in [1.807, 2.05) is 38.1 Å². The Morgan fingerprint density at radius 2 is 1.74 bits per heavy atom. The van der Waals surface area contributed by atoms with Gasteiger partial charge < -0.3 is 10.2 Å². The van der Waals surface area contributed by atoms with Crippen LogP contribution >= 0.6 is 0 Å². The zero-order valence-corrected chi connectivity index (χ0v) is 20.6. The lowest BCUT2D eigenvalue weighted by Gasteiger charge is -2.41. The molecule has 1 aromatic rings. The van der Waals surface area contributed by atoms with Crippen molar-refractivity contribution in [2.45, 2.75) is 51.6 Å². The fourth-order valence-corrected chi connectivity index (χ4v) is 6.80. The molecule has 34 heavy (non-hydrogen) atoms. The summed E-state index contributed by atoms with van der Waals surface area (Å²) in [5, 5.41) is 12.0. The first-order valence-corrected chi connectivity index (χ1v) is 13.4. The summed E-state index contributed by atoms with van der Waals surface area (Å²) in [7, 11) is -3.67. The van der Waals surface area contributed by atoms with E-state index in [0.717, 1.165) is 17.5 Å². The number of likely N-dealkylation sites (tertiary alicyclic amines) is 1. The van der Waals surface area contributed by atoms with Crippen LogP contribution in [0.1, 0.15) is 49.8 Å². The molecule has 1 aromatic carbocycles. The molecule has 0 aromatic heterocycles. The first-order chi connectivity index (χ1) is 16.2. The number of nitrogens with one attached hydrogen (secondary N) is 1. The van der Waals surface area contributed by atoms with Gasteiger partial charge in [0, 0.05) is 32.7 Å². The minimum absolute atomic E-state index is 0.124. The van der Waals surface area contributed by atoms with E-state index in [2.05, 4.69) is 11.4 Å². The second-order valence-electron chi connectivity index (χ2n) is 9.68. The van der Waals surface area contributed by atoms with E-state index in [1.54, 1.807) is 4.90 Å². The molecule has 3 aliphatic rings. The molecule has 3 heterocycles. The van der Waals surface area contributed by atoms with Crippen molar-refractivity contribution >= 4 is 22.0 Å². The molecule has 0 bridgehead atoms. The Kier molecular flexibility index (Phi) is 7.26. The van der Waals surface area contributed by atoms with Gasteiger partial charge in [0.25, 0.3) is 10.2 Å². The highest BCUT2D eigenvalue weighted by atomic mass is 32.2. The van der Waals surface area contributed by atoms with Gasteiger partial charge in [-0.25, -0.2) is 0 Å². The monoisotopic (exact) mass is 487 g/mol. The topological polar surface area (TPSA) is 114 Å². The van der Waals surface area contributed by atoms with Crippen molar-refractivity contribution in [2.24, 2.45) is 11.8 Å². The number of carbonyl (C=O) groups is 2. The Bertz CT molecular complexity index is 1060. The van der Waals surface area contributed by atoms with Gasteiger partial charge in [0.2, 0.25) is 11.8 Å². The number of nitriles is 1. The van der Waals surface area contributed by atoms with Crippen molar-refractivity contribution in [2.75, 3.05) is 32.7 Å². The van der Waals surface area contributed by atoms with Crippen molar-refractivity contribution in [1.29, 1.82) is 5.26 Å². The molecule has 184 valence electrons. The number of aryl methyl sites for hydroxylation is 1. The maximum absolute atomic E-state index is 13.4. The summed E-state index contributed by atoms with van der Waals surface area (Å²) >= 11 is 0. The van der Waals surface area contributed by atoms with Crippen LogP contribution in [0.2, 0.25) is 0 Å². The maximum Gasteiger partial charge on any atom is 0.282 e. The standard InChI is InChI=1S/C24H33N5O4S/c1-17-7-9-20(10-8-17)18(2)26-23(30)22-6-4-12-29(22)24(31)21-5-3-11-27(16-21)34(32,33)28-14-19(13-25)15-28/h7-10,18-19,21-22H,3-6,11-12,14-16H2,1-2H3,(H,26,30)/t18?,21-,22+/m0/s1. The third-order valence-electron chi connectivity index (χ3n) is 7.19. The minimum Gasteiger partial charge on any atom is -0.348 e. The summed E-state index contributed by atoms with van der Waals surface area (Å²) in [5.41, 5.74) is 2.16. The highest BCUT2D eigenvalue weighted by Crippen LogP contribution is 2.29. The van der Waals surface area contributed by atoms with E-state index in [9.17, 15) is 18.0 Å². The maximum atomic E-state index is 13.4. The average molecular weight is 488 g/mol. The number of benzene rings is 1. The van der Waals surface area contributed by atoms with Crippen molar-refractivity contribution in [3.63, 3.8) is 0 Å². The molecular formula is C24H33N5O4S. The molecule has 10 heteroatoms. The molecule has 0 radical (unpaired) electrons. The summed E-state index contributed by atoms with van der Waals surface area (Å²) in [6.07, 6.45) is 2.56. The van der Waals surface area contributed by atoms with Gasteiger partial charge in [-0.3, -0.25) is 9.59 Å². The number of amides is 2. The largest absolute Gasteiger partial charge is 0.348 e. The first-order valence-electron chi connectivity index (χ1n) is 12.0. The molecule has 3 atom stereocenters. The molecule has 3 saturated heterocycles. The Morgan fingerprint density at radius 3 is 2.41 bits per heavy atom. The number of hydrogen-bond donors (Lipinski definition) is 1. The van der Waals surface area contributed by atoms with Gasteiger partial charge in [0.1, 0.15) is 6.04 Å².